The van der Waals surface area contributed by atoms with Crippen molar-refractivity contribution in [1.82, 2.24) is 4.72 Å². The minimum atomic E-state index is -3.11. The standard InChI is InChI=1S/C8H18ClNO2S/c1-7(2)4-5-13(11,12)10-6-8(3)9/h7-8,10H,4-6H2,1-3H3. The van der Waals surface area contributed by atoms with Crippen LogP contribution in [0.4, 0.5) is 0 Å². The molecule has 0 aromatic heterocycles. The third-order valence-electron chi connectivity index (χ3n) is 1.55. The molecule has 0 amide bonds. The van der Waals surface area contributed by atoms with Gasteiger partial charge in [0.25, 0.3) is 0 Å². The van der Waals surface area contributed by atoms with Crippen molar-refractivity contribution in [2.45, 2.75) is 32.6 Å². The van der Waals surface area contributed by atoms with Crippen LogP contribution in [0, 0.1) is 5.92 Å². The van der Waals surface area contributed by atoms with E-state index in [1.54, 1.807) is 6.92 Å². The number of hydrogen-bond donors (Lipinski definition) is 1. The Hall–Kier alpha value is 0.200. The SMILES string of the molecule is CC(C)CCS(=O)(=O)NCC(C)Cl. The van der Waals surface area contributed by atoms with E-state index in [1.807, 2.05) is 13.8 Å². The molecule has 0 spiro atoms. The maximum atomic E-state index is 11.3. The molecule has 0 heterocycles. The lowest BCUT2D eigenvalue weighted by atomic mass is 10.2. The van der Waals surface area contributed by atoms with Crippen molar-refractivity contribution in [1.29, 1.82) is 0 Å². The minimum Gasteiger partial charge on any atom is -0.214 e. The van der Waals surface area contributed by atoms with Crippen molar-refractivity contribution in [3.8, 4) is 0 Å². The predicted molar refractivity (Wildman–Crippen MR) is 56.6 cm³/mol. The highest BCUT2D eigenvalue weighted by atomic mass is 35.5. The molecule has 1 unspecified atom stereocenters. The van der Waals surface area contributed by atoms with Gasteiger partial charge in [-0.2, -0.15) is 0 Å². The molecule has 0 aliphatic heterocycles. The van der Waals surface area contributed by atoms with E-state index in [0.717, 1.165) is 0 Å². The van der Waals surface area contributed by atoms with E-state index < -0.39 is 10.0 Å². The zero-order chi connectivity index (χ0) is 10.5. The second kappa shape index (κ2) is 5.83. The normalized spacial score (nSPS) is 14.8. The molecule has 0 fully saturated rings. The molecule has 0 aromatic carbocycles. The number of rotatable bonds is 6. The van der Waals surface area contributed by atoms with E-state index in [4.69, 9.17) is 11.6 Å². The van der Waals surface area contributed by atoms with Crippen LogP contribution in [-0.2, 0) is 10.0 Å². The van der Waals surface area contributed by atoms with Gasteiger partial charge in [-0.1, -0.05) is 13.8 Å². The average Bonchev–Trinajstić information content (AvgIpc) is 1.98. The monoisotopic (exact) mass is 227 g/mol. The Morgan fingerprint density at radius 3 is 2.23 bits per heavy atom. The lowest BCUT2D eigenvalue weighted by Gasteiger charge is -2.08. The summed E-state index contributed by atoms with van der Waals surface area (Å²) in [5.74, 6) is 0.596. The van der Waals surface area contributed by atoms with E-state index in [0.29, 0.717) is 18.9 Å². The van der Waals surface area contributed by atoms with Crippen molar-refractivity contribution >= 4 is 21.6 Å². The quantitative estimate of drug-likeness (QED) is 0.701. The van der Waals surface area contributed by atoms with E-state index in [2.05, 4.69) is 4.72 Å². The second-order valence-corrected chi connectivity index (χ2v) is 6.30. The van der Waals surface area contributed by atoms with Crippen molar-refractivity contribution in [3.05, 3.63) is 0 Å². The highest BCUT2D eigenvalue weighted by molar-refractivity contribution is 7.89. The second-order valence-electron chi connectivity index (χ2n) is 3.63. The molecule has 0 saturated carbocycles. The van der Waals surface area contributed by atoms with Gasteiger partial charge in [0, 0.05) is 11.9 Å². The van der Waals surface area contributed by atoms with Gasteiger partial charge in [0.1, 0.15) is 0 Å². The molecule has 0 saturated heterocycles. The lowest BCUT2D eigenvalue weighted by molar-refractivity contribution is 0.561. The molecular formula is C8H18ClNO2S. The van der Waals surface area contributed by atoms with Gasteiger partial charge in [0.05, 0.1) is 5.75 Å². The van der Waals surface area contributed by atoms with Gasteiger partial charge in [-0.15, -0.1) is 11.6 Å². The number of alkyl halides is 1. The summed E-state index contributed by atoms with van der Waals surface area (Å²) in [7, 11) is -3.11. The van der Waals surface area contributed by atoms with Gasteiger partial charge < -0.3 is 0 Å². The largest absolute Gasteiger partial charge is 0.214 e. The molecule has 80 valence electrons. The van der Waals surface area contributed by atoms with Crippen molar-refractivity contribution in [2.24, 2.45) is 5.92 Å². The maximum Gasteiger partial charge on any atom is 0.211 e. The van der Waals surface area contributed by atoms with Gasteiger partial charge in [-0.05, 0) is 19.3 Å². The number of nitrogens with one attached hydrogen (secondary N) is 1. The predicted octanol–water partition coefficient (Wildman–Crippen LogP) is 1.58. The molecule has 0 aromatic rings. The van der Waals surface area contributed by atoms with Crippen LogP contribution in [0.5, 0.6) is 0 Å². The first-order chi connectivity index (χ1) is 5.83. The van der Waals surface area contributed by atoms with Crippen molar-refractivity contribution in [3.63, 3.8) is 0 Å². The van der Waals surface area contributed by atoms with Crippen molar-refractivity contribution in [2.75, 3.05) is 12.3 Å². The molecule has 0 radical (unpaired) electrons. The molecule has 1 N–H and O–H groups in total. The minimum absolute atomic E-state index is 0.158. The van der Waals surface area contributed by atoms with Crippen LogP contribution in [-0.4, -0.2) is 26.1 Å². The van der Waals surface area contributed by atoms with Gasteiger partial charge in [-0.3, -0.25) is 0 Å². The molecule has 0 aliphatic carbocycles. The number of halogens is 1. The van der Waals surface area contributed by atoms with E-state index in [1.165, 1.54) is 0 Å². The van der Waals surface area contributed by atoms with Crippen molar-refractivity contribution < 1.29 is 8.42 Å². The fourth-order valence-electron chi connectivity index (χ4n) is 0.705. The summed E-state index contributed by atoms with van der Waals surface area (Å²) < 4.78 is 25.0. The Morgan fingerprint density at radius 1 is 1.31 bits per heavy atom. The third kappa shape index (κ3) is 8.53. The Balaban J connectivity index is 3.81. The van der Waals surface area contributed by atoms with Crippen LogP contribution >= 0.6 is 11.6 Å². The summed E-state index contributed by atoms with van der Waals surface area (Å²) in [6.45, 7) is 6.06. The molecule has 13 heavy (non-hydrogen) atoms. The smallest absolute Gasteiger partial charge is 0.211 e. The Labute approximate surface area is 85.9 Å². The number of hydrogen-bond acceptors (Lipinski definition) is 2. The molecule has 5 heteroatoms. The summed E-state index contributed by atoms with van der Waals surface area (Å²) in [4.78, 5) is 0. The van der Waals surface area contributed by atoms with Gasteiger partial charge in [0.15, 0.2) is 0 Å². The summed E-state index contributed by atoms with van der Waals surface area (Å²) in [6, 6.07) is 0. The summed E-state index contributed by atoms with van der Waals surface area (Å²) in [6.07, 6.45) is 0.687. The molecular weight excluding hydrogens is 210 g/mol. The van der Waals surface area contributed by atoms with Crippen LogP contribution in [0.15, 0.2) is 0 Å². The first-order valence-electron chi connectivity index (χ1n) is 4.45. The van der Waals surface area contributed by atoms with Crippen LogP contribution in [0.2, 0.25) is 0 Å². The third-order valence-corrected chi connectivity index (χ3v) is 3.08. The molecule has 0 rings (SSSR count). The molecule has 1 atom stereocenters. The summed E-state index contributed by atoms with van der Waals surface area (Å²) in [5.41, 5.74) is 0. The maximum absolute atomic E-state index is 11.3. The fraction of sp³-hybridized carbons (Fsp3) is 1.00. The van der Waals surface area contributed by atoms with E-state index in [-0.39, 0.29) is 11.1 Å². The molecule has 0 bridgehead atoms. The fourth-order valence-corrected chi connectivity index (χ4v) is 2.30. The topological polar surface area (TPSA) is 46.2 Å². The molecule has 0 aliphatic rings. The average molecular weight is 228 g/mol. The van der Waals surface area contributed by atoms with E-state index in [9.17, 15) is 8.42 Å². The Morgan fingerprint density at radius 2 is 1.85 bits per heavy atom. The highest BCUT2D eigenvalue weighted by Crippen LogP contribution is 2.02. The number of sulfonamides is 1. The van der Waals surface area contributed by atoms with Gasteiger partial charge in [-0.25, -0.2) is 13.1 Å². The summed E-state index contributed by atoms with van der Waals surface area (Å²) in [5, 5.41) is -0.158. The summed E-state index contributed by atoms with van der Waals surface area (Å²) >= 11 is 5.62. The van der Waals surface area contributed by atoms with Gasteiger partial charge >= 0.3 is 0 Å². The Kier molecular flexibility index (Phi) is 5.92. The first kappa shape index (κ1) is 13.2. The highest BCUT2D eigenvalue weighted by Gasteiger charge is 2.11. The van der Waals surface area contributed by atoms with Crippen LogP contribution in [0.1, 0.15) is 27.2 Å². The zero-order valence-corrected chi connectivity index (χ0v) is 9.95. The lowest BCUT2D eigenvalue weighted by Crippen LogP contribution is -2.31. The van der Waals surface area contributed by atoms with E-state index >= 15 is 0 Å². The van der Waals surface area contributed by atoms with Crippen LogP contribution in [0.3, 0.4) is 0 Å². The van der Waals surface area contributed by atoms with Gasteiger partial charge in [0.2, 0.25) is 10.0 Å². The van der Waals surface area contributed by atoms with Crippen LogP contribution in [0.25, 0.3) is 0 Å². The van der Waals surface area contributed by atoms with Crippen LogP contribution < -0.4 is 4.72 Å². The molecule has 3 nitrogen and oxygen atoms in total. The Bertz CT molecular complexity index is 206. The zero-order valence-electron chi connectivity index (χ0n) is 8.38. The first-order valence-corrected chi connectivity index (χ1v) is 6.54.